The van der Waals surface area contributed by atoms with Crippen LogP contribution in [-0.4, -0.2) is 38.5 Å². The van der Waals surface area contributed by atoms with Gasteiger partial charge in [0.1, 0.15) is 18.2 Å². The zero-order valence-corrected chi connectivity index (χ0v) is 12.8. The molecule has 0 bridgehead atoms. The van der Waals surface area contributed by atoms with Gasteiger partial charge in [-0.1, -0.05) is 6.07 Å². The number of anilines is 1. The van der Waals surface area contributed by atoms with Crippen molar-refractivity contribution >= 4 is 27.7 Å². The van der Waals surface area contributed by atoms with Gasteiger partial charge in [-0.15, -0.1) is 0 Å². The van der Waals surface area contributed by atoms with Crippen LogP contribution in [0.3, 0.4) is 0 Å². The number of amides is 1. The lowest BCUT2D eigenvalue weighted by Crippen LogP contribution is -2.22. The highest BCUT2D eigenvalue weighted by Gasteiger charge is 2.13. The van der Waals surface area contributed by atoms with Crippen LogP contribution in [0.15, 0.2) is 40.9 Å². The fraction of sp³-hybridized carbons (Fsp3) is 0.154. The monoisotopic (exact) mass is 339 g/mol. The second-order valence-corrected chi connectivity index (χ2v) is 5.51. The molecule has 3 N–H and O–H groups in total. The van der Waals surface area contributed by atoms with Crippen LogP contribution >= 0.6 is 0 Å². The largest absolute Gasteiger partial charge is 0.468 e. The SMILES string of the molecule is COC(=O)CN/C=C(/C#N)C(=O)Nc1cccc(S(=O)(=O)O)c1. The van der Waals surface area contributed by atoms with Crippen molar-refractivity contribution in [3.05, 3.63) is 36.0 Å². The molecule has 0 aliphatic rings. The number of nitrogens with zero attached hydrogens (tertiary/aromatic N) is 1. The summed E-state index contributed by atoms with van der Waals surface area (Å²) >= 11 is 0. The molecule has 0 saturated carbocycles. The van der Waals surface area contributed by atoms with Gasteiger partial charge in [-0.25, -0.2) is 0 Å². The number of hydrogen-bond acceptors (Lipinski definition) is 7. The van der Waals surface area contributed by atoms with E-state index >= 15 is 0 Å². The number of methoxy groups -OCH3 is 1. The normalized spacial score (nSPS) is 11.3. The van der Waals surface area contributed by atoms with Crippen LogP contribution in [0.5, 0.6) is 0 Å². The standard InChI is InChI=1S/C13H13N3O6S/c1-22-12(17)8-15-7-9(6-14)13(18)16-10-3-2-4-11(5-10)23(19,20)21/h2-5,7,15H,8H2,1H3,(H,16,18)(H,19,20,21)/b9-7-. The van der Waals surface area contributed by atoms with Crippen LogP contribution in [0.1, 0.15) is 0 Å². The summed E-state index contributed by atoms with van der Waals surface area (Å²) in [6, 6.07) is 6.49. The molecule has 1 rings (SSSR count). The number of carbonyl (C=O) groups excluding carboxylic acids is 2. The number of carbonyl (C=O) groups is 2. The average Bonchev–Trinajstić information content (AvgIpc) is 2.50. The summed E-state index contributed by atoms with van der Waals surface area (Å²) in [6.45, 7) is -0.229. The molecule has 0 radical (unpaired) electrons. The molecular weight excluding hydrogens is 326 g/mol. The molecule has 0 unspecified atom stereocenters. The Balaban J connectivity index is 2.83. The van der Waals surface area contributed by atoms with Gasteiger partial charge in [0.15, 0.2) is 0 Å². The second-order valence-electron chi connectivity index (χ2n) is 4.08. The molecule has 0 aromatic heterocycles. The van der Waals surface area contributed by atoms with E-state index in [4.69, 9.17) is 9.81 Å². The zero-order valence-electron chi connectivity index (χ0n) is 11.9. The van der Waals surface area contributed by atoms with Crippen molar-refractivity contribution in [2.24, 2.45) is 0 Å². The molecule has 0 fully saturated rings. The Morgan fingerprint density at radius 3 is 2.70 bits per heavy atom. The minimum Gasteiger partial charge on any atom is -0.468 e. The summed E-state index contributed by atoms with van der Waals surface area (Å²) in [7, 11) is -3.22. The van der Waals surface area contributed by atoms with Crippen molar-refractivity contribution < 1.29 is 27.3 Å². The Morgan fingerprint density at radius 1 is 1.43 bits per heavy atom. The van der Waals surface area contributed by atoms with Crippen LogP contribution in [0.4, 0.5) is 5.69 Å². The lowest BCUT2D eigenvalue weighted by Gasteiger charge is -2.06. The first-order chi connectivity index (χ1) is 10.8. The lowest BCUT2D eigenvalue weighted by atomic mass is 10.2. The van der Waals surface area contributed by atoms with Gasteiger partial charge in [0.05, 0.1) is 12.0 Å². The summed E-state index contributed by atoms with van der Waals surface area (Å²) in [4.78, 5) is 22.4. The van der Waals surface area contributed by atoms with Crippen molar-refractivity contribution in [1.29, 1.82) is 5.26 Å². The molecule has 1 aromatic carbocycles. The maximum absolute atomic E-state index is 11.9. The van der Waals surface area contributed by atoms with Gasteiger partial charge in [-0.3, -0.25) is 14.1 Å². The van der Waals surface area contributed by atoms with Crippen LogP contribution in [0, 0.1) is 11.3 Å². The van der Waals surface area contributed by atoms with E-state index in [9.17, 15) is 18.0 Å². The lowest BCUT2D eigenvalue weighted by molar-refractivity contribution is -0.139. The van der Waals surface area contributed by atoms with E-state index in [2.05, 4.69) is 15.4 Å². The Kier molecular flexibility index (Phi) is 6.25. The highest BCUT2D eigenvalue weighted by atomic mass is 32.2. The molecule has 10 heteroatoms. The molecule has 0 saturated heterocycles. The van der Waals surface area contributed by atoms with Gasteiger partial charge in [0.25, 0.3) is 16.0 Å². The molecular formula is C13H13N3O6S. The second kappa shape index (κ2) is 7.92. The molecule has 9 nitrogen and oxygen atoms in total. The number of esters is 1. The van der Waals surface area contributed by atoms with Crippen LogP contribution in [0.2, 0.25) is 0 Å². The van der Waals surface area contributed by atoms with Gasteiger partial charge in [-0.2, -0.15) is 13.7 Å². The van der Waals surface area contributed by atoms with E-state index < -0.39 is 26.9 Å². The Labute approximate surface area is 132 Å². The van der Waals surface area contributed by atoms with Gasteiger partial charge < -0.3 is 15.4 Å². The Hall–Kier alpha value is -2.90. The van der Waals surface area contributed by atoms with E-state index in [0.29, 0.717) is 0 Å². The van der Waals surface area contributed by atoms with Gasteiger partial charge >= 0.3 is 5.97 Å². The molecule has 0 aliphatic carbocycles. The highest BCUT2D eigenvalue weighted by Crippen LogP contribution is 2.15. The number of nitrogens with one attached hydrogen (secondary N) is 2. The predicted molar refractivity (Wildman–Crippen MR) is 78.6 cm³/mol. The average molecular weight is 339 g/mol. The van der Waals surface area contributed by atoms with Gasteiger partial charge in [-0.05, 0) is 18.2 Å². The van der Waals surface area contributed by atoms with Crippen molar-refractivity contribution in [1.82, 2.24) is 5.32 Å². The highest BCUT2D eigenvalue weighted by molar-refractivity contribution is 7.85. The summed E-state index contributed by atoms with van der Waals surface area (Å²) in [5.74, 6) is -1.41. The molecule has 0 atom stereocenters. The van der Waals surface area contributed by atoms with E-state index in [1.165, 1.54) is 19.2 Å². The molecule has 0 aliphatic heterocycles. The third-order valence-corrected chi connectivity index (χ3v) is 3.32. The molecule has 23 heavy (non-hydrogen) atoms. The van der Waals surface area contributed by atoms with Crippen LogP contribution in [-0.2, 0) is 24.4 Å². The topological polar surface area (TPSA) is 146 Å². The Morgan fingerprint density at radius 2 is 2.13 bits per heavy atom. The van der Waals surface area contributed by atoms with Crippen LogP contribution in [0.25, 0.3) is 0 Å². The number of benzene rings is 1. The number of nitriles is 1. The van der Waals surface area contributed by atoms with Gasteiger partial charge in [0, 0.05) is 11.9 Å². The third-order valence-electron chi connectivity index (χ3n) is 2.48. The number of rotatable bonds is 6. The fourth-order valence-corrected chi connectivity index (χ4v) is 1.92. The van der Waals surface area contributed by atoms with E-state index in [1.807, 2.05) is 0 Å². The first-order valence-corrected chi connectivity index (χ1v) is 7.51. The molecule has 0 spiro atoms. The first-order valence-electron chi connectivity index (χ1n) is 6.07. The summed E-state index contributed by atoms with van der Waals surface area (Å²) < 4.78 is 35.3. The van der Waals surface area contributed by atoms with E-state index in [-0.39, 0.29) is 17.8 Å². The number of hydrogen-bond donors (Lipinski definition) is 3. The molecule has 1 aromatic rings. The fourth-order valence-electron chi connectivity index (χ4n) is 1.39. The summed E-state index contributed by atoms with van der Waals surface area (Å²) in [6.07, 6.45) is 1.03. The van der Waals surface area contributed by atoms with Crippen molar-refractivity contribution in [3.63, 3.8) is 0 Å². The maximum Gasteiger partial charge on any atom is 0.325 e. The number of ether oxygens (including phenoxy) is 1. The van der Waals surface area contributed by atoms with E-state index in [0.717, 1.165) is 18.3 Å². The Bertz CT molecular complexity index is 779. The molecule has 0 heterocycles. The minimum absolute atomic E-state index is 0.0687. The van der Waals surface area contributed by atoms with Crippen LogP contribution < -0.4 is 10.6 Å². The summed E-state index contributed by atoms with van der Waals surface area (Å²) in [5, 5.41) is 13.6. The van der Waals surface area contributed by atoms with E-state index in [1.54, 1.807) is 6.07 Å². The maximum atomic E-state index is 11.9. The summed E-state index contributed by atoms with van der Waals surface area (Å²) in [5.41, 5.74) is -0.273. The quantitative estimate of drug-likeness (QED) is 0.285. The molecule has 122 valence electrons. The van der Waals surface area contributed by atoms with Crippen molar-refractivity contribution in [2.45, 2.75) is 4.90 Å². The third kappa shape index (κ3) is 5.77. The van der Waals surface area contributed by atoms with Crippen molar-refractivity contribution in [2.75, 3.05) is 19.0 Å². The van der Waals surface area contributed by atoms with Gasteiger partial charge in [0.2, 0.25) is 0 Å². The predicted octanol–water partition coefficient (Wildman–Crippen LogP) is 0.0419. The molecule has 1 amide bonds. The van der Waals surface area contributed by atoms with Crippen molar-refractivity contribution in [3.8, 4) is 6.07 Å². The minimum atomic E-state index is -4.41. The zero-order chi connectivity index (χ0) is 17.5. The smallest absolute Gasteiger partial charge is 0.325 e. The first kappa shape index (κ1) is 18.1.